The van der Waals surface area contributed by atoms with Crippen molar-refractivity contribution >= 4 is 11.8 Å². The fourth-order valence-electron chi connectivity index (χ4n) is 2.01. The molecule has 1 aromatic rings. The summed E-state index contributed by atoms with van der Waals surface area (Å²) in [6.07, 6.45) is 1.40. The van der Waals surface area contributed by atoms with Gasteiger partial charge in [0.1, 0.15) is 0 Å². The molecule has 0 spiro atoms. The topological polar surface area (TPSA) is 0 Å². The number of hydrogen-bond acceptors (Lipinski definition) is 1. The third kappa shape index (κ3) is 0.672. The lowest BCUT2D eigenvalue weighted by molar-refractivity contribution is 0.991. The largest absolute Gasteiger partial charge is 0.119 e. The van der Waals surface area contributed by atoms with Crippen LogP contribution in [0.1, 0.15) is 24.8 Å². The van der Waals surface area contributed by atoms with Gasteiger partial charge in [0, 0.05) is 15.6 Å². The van der Waals surface area contributed by atoms with Gasteiger partial charge in [0.25, 0.3) is 0 Å². The van der Waals surface area contributed by atoms with Crippen LogP contribution in [0.25, 0.3) is 0 Å². The molecule has 1 aromatic carbocycles. The summed E-state index contributed by atoms with van der Waals surface area (Å²) >= 11 is 2.07. The molecule has 3 rings (SSSR count). The van der Waals surface area contributed by atoms with Crippen LogP contribution < -0.4 is 0 Å². The van der Waals surface area contributed by atoms with Crippen molar-refractivity contribution in [2.24, 2.45) is 0 Å². The molecule has 0 aromatic heterocycles. The first kappa shape index (κ1) is 6.13. The average Bonchev–Trinajstić information content (AvgIpc) is 2.56. The molecule has 1 aliphatic carbocycles. The third-order valence-electron chi connectivity index (χ3n) is 2.82. The first-order valence-electron chi connectivity index (χ1n) is 4.07. The van der Waals surface area contributed by atoms with Crippen molar-refractivity contribution in [1.29, 1.82) is 0 Å². The van der Waals surface area contributed by atoms with Gasteiger partial charge in [-0.3, -0.25) is 0 Å². The summed E-state index contributed by atoms with van der Waals surface area (Å²) < 4.78 is 0.587. The van der Waals surface area contributed by atoms with Crippen molar-refractivity contribution < 1.29 is 0 Å². The molecule has 2 unspecified atom stereocenters. The molecule has 1 heterocycles. The number of benzene rings is 1. The van der Waals surface area contributed by atoms with E-state index in [9.17, 15) is 0 Å². The summed E-state index contributed by atoms with van der Waals surface area (Å²) in [6.45, 7) is 2.38. The zero-order valence-electron chi connectivity index (χ0n) is 6.50. The Morgan fingerprint density at radius 2 is 2.27 bits per heavy atom. The highest BCUT2D eigenvalue weighted by Gasteiger charge is 2.56. The predicted molar refractivity (Wildman–Crippen MR) is 48.1 cm³/mol. The Bertz CT molecular complexity index is 318. The Hall–Kier alpha value is -0.430. The van der Waals surface area contributed by atoms with Crippen LogP contribution in [0, 0.1) is 0 Å². The lowest BCUT2D eigenvalue weighted by Crippen LogP contribution is -1.89. The molecule has 0 radical (unpaired) electrons. The van der Waals surface area contributed by atoms with Crippen LogP contribution in [0.2, 0.25) is 0 Å². The van der Waals surface area contributed by atoms with Gasteiger partial charge >= 0.3 is 0 Å². The maximum Gasteiger partial charge on any atom is 0.0254 e. The second-order valence-corrected chi connectivity index (χ2v) is 5.29. The second kappa shape index (κ2) is 1.66. The second-order valence-electron chi connectivity index (χ2n) is 3.71. The van der Waals surface area contributed by atoms with E-state index in [0.717, 1.165) is 5.92 Å². The van der Waals surface area contributed by atoms with Crippen LogP contribution in [0.15, 0.2) is 29.2 Å². The van der Waals surface area contributed by atoms with Gasteiger partial charge in [-0.05, 0) is 25.0 Å². The molecule has 56 valence electrons. The smallest absolute Gasteiger partial charge is 0.0254 e. The zero-order valence-corrected chi connectivity index (χ0v) is 7.32. The van der Waals surface area contributed by atoms with E-state index in [1.807, 2.05) is 0 Å². The van der Waals surface area contributed by atoms with Gasteiger partial charge in [0.05, 0.1) is 0 Å². The van der Waals surface area contributed by atoms with E-state index < -0.39 is 0 Å². The summed E-state index contributed by atoms with van der Waals surface area (Å²) in [5.74, 6) is 0.878. The van der Waals surface area contributed by atoms with Gasteiger partial charge in [-0.25, -0.2) is 0 Å². The van der Waals surface area contributed by atoms with Crippen molar-refractivity contribution in [2.75, 3.05) is 0 Å². The lowest BCUT2D eigenvalue weighted by atomic mass is 10.1. The Balaban J connectivity index is 2.18. The van der Waals surface area contributed by atoms with E-state index in [1.54, 1.807) is 5.56 Å². The SMILES string of the molecule is CC12CC1c1ccccc1S2. The van der Waals surface area contributed by atoms with Crippen LogP contribution in [0.5, 0.6) is 0 Å². The maximum atomic E-state index is 2.38. The highest BCUT2D eigenvalue weighted by Crippen LogP contribution is 2.69. The minimum absolute atomic E-state index is 0.587. The Morgan fingerprint density at radius 3 is 3.09 bits per heavy atom. The van der Waals surface area contributed by atoms with E-state index in [-0.39, 0.29) is 0 Å². The van der Waals surface area contributed by atoms with Crippen molar-refractivity contribution in [1.82, 2.24) is 0 Å². The molecule has 0 bridgehead atoms. The van der Waals surface area contributed by atoms with Gasteiger partial charge in [-0.15, -0.1) is 11.8 Å². The van der Waals surface area contributed by atoms with Gasteiger partial charge in [-0.1, -0.05) is 18.2 Å². The first-order valence-corrected chi connectivity index (χ1v) is 4.89. The molecule has 2 aliphatic rings. The van der Waals surface area contributed by atoms with E-state index >= 15 is 0 Å². The maximum absolute atomic E-state index is 2.38. The fraction of sp³-hybridized carbons (Fsp3) is 0.400. The molecular formula is C10H10S. The summed E-state index contributed by atoms with van der Waals surface area (Å²) in [5, 5.41) is 0. The molecule has 0 amide bonds. The van der Waals surface area contributed by atoms with Gasteiger partial charge in [0.2, 0.25) is 0 Å². The predicted octanol–water partition coefficient (Wildman–Crippen LogP) is 3.04. The summed E-state index contributed by atoms with van der Waals surface area (Å²) in [6, 6.07) is 8.83. The molecule has 0 N–H and O–H groups in total. The molecule has 2 atom stereocenters. The molecule has 1 saturated carbocycles. The Kier molecular flexibility index (Phi) is 0.925. The third-order valence-corrected chi connectivity index (χ3v) is 4.33. The number of thioether (sulfide) groups is 1. The fourth-order valence-corrected chi connectivity index (χ4v) is 3.51. The van der Waals surface area contributed by atoms with Crippen molar-refractivity contribution in [2.45, 2.75) is 28.9 Å². The highest BCUT2D eigenvalue weighted by atomic mass is 32.2. The van der Waals surface area contributed by atoms with Gasteiger partial charge < -0.3 is 0 Å². The normalized spacial score (nSPS) is 38.1. The monoisotopic (exact) mass is 162 g/mol. The molecule has 11 heavy (non-hydrogen) atoms. The van der Waals surface area contributed by atoms with Crippen molar-refractivity contribution in [3.8, 4) is 0 Å². The Morgan fingerprint density at radius 1 is 1.45 bits per heavy atom. The molecule has 1 fully saturated rings. The van der Waals surface area contributed by atoms with Crippen molar-refractivity contribution in [3.63, 3.8) is 0 Å². The minimum atomic E-state index is 0.587. The number of hydrogen-bond donors (Lipinski definition) is 0. The zero-order chi connectivity index (χ0) is 7.47. The van der Waals surface area contributed by atoms with Gasteiger partial charge in [0.15, 0.2) is 0 Å². The molecule has 0 nitrogen and oxygen atoms in total. The summed E-state index contributed by atoms with van der Waals surface area (Å²) in [4.78, 5) is 1.52. The molecule has 1 aliphatic heterocycles. The van der Waals surface area contributed by atoms with E-state index in [2.05, 4.69) is 43.0 Å². The van der Waals surface area contributed by atoms with Crippen LogP contribution in [0.4, 0.5) is 0 Å². The minimum Gasteiger partial charge on any atom is -0.119 e. The summed E-state index contributed by atoms with van der Waals surface area (Å²) in [7, 11) is 0. The standard InChI is InChI=1S/C10H10S/c1-10-6-8(10)7-4-2-3-5-9(7)11-10/h2-5,8H,6H2,1H3. The average molecular weight is 162 g/mol. The number of fused-ring (bicyclic) bond motifs is 3. The Labute approximate surface area is 71.0 Å². The van der Waals surface area contributed by atoms with E-state index in [4.69, 9.17) is 0 Å². The van der Waals surface area contributed by atoms with Crippen molar-refractivity contribution in [3.05, 3.63) is 29.8 Å². The first-order chi connectivity index (χ1) is 5.30. The van der Waals surface area contributed by atoms with E-state index in [0.29, 0.717) is 4.75 Å². The van der Waals surface area contributed by atoms with Crippen LogP contribution in [-0.2, 0) is 0 Å². The van der Waals surface area contributed by atoms with Crippen LogP contribution >= 0.6 is 11.8 Å². The summed E-state index contributed by atoms with van der Waals surface area (Å²) in [5.41, 5.74) is 1.60. The van der Waals surface area contributed by atoms with Gasteiger partial charge in [-0.2, -0.15) is 0 Å². The molecule has 0 saturated heterocycles. The van der Waals surface area contributed by atoms with Crippen LogP contribution in [0.3, 0.4) is 0 Å². The molecular weight excluding hydrogens is 152 g/mol. The van der Waals surface area contributed by atoms with Crippen LogP contribution in [-0.4, -0.2) is 4.75 Å². The quantitative estimate of drug-likeness (QED) is 0.565. The highest BCUT2D eigenvalue weighted by molar-refractivity contribution is 8.01. The number of rotatable bonds is 0. The van der Waals surface area contributed by atoms with E-state index in [1.165, 1.54) is 11.3 Å². The lowest BCUT2D eigenvalue weighted by Gasteiger charge is -2.01. The molecule has 1 heteroatoms.